The highest BCUT2D eigenvalue weighted by Crippen LogP contribution is 2.55. The number of aromatic nitrogens is 2. The molecule has 0 spiro atoms. The standard InChI is InChI=1S/C18H24N2S2/c1-14-10-15(2)12-17(11-14)18(21-9-4-16(3)22-18)5-7-20-8-6-19-13-20/h6,8,10-13,16H,4-5,7,9H2,1-3H3. The molecule has 2 heterocycles. The van der Waals surface area contributed by atoms with Gasteiger partial charge in [0.2, 0.25) is 0 Å². The van der Waals surface area contributed by atoms with Crippen LogP contribution in [0, 0.1) is 13.8 Å². The molecule has 0 N–H and O–H groups in total. The van der Waals surface area contributed by atoms with Crippen LogP contribution in [0.3, 0.4) is 0 Å². The number of hydrogen-bond acceptors (Lipinski definition) is 3. The van der Waals surface area contributed by atoms with E-state index in [4.69, 9.17) is 0 Å². The van der Waals surface area contributed by atoms with Gasteiger partial charge in [-0.15, -0.1) is 23.5 Å². The third-order valence-electron chi connectivity index (χ3n) is 4.17. The van der Waals surface area contributed by atoms with Crippen LogP contribution in [-0.2, 0) is 10.6 Å². The van der Waals surface area contributed by atoms with Gasteiger partial charge in [0.25, 0.3) is 0 Å². The van der Waals surface area contributed by atoms with Crippen LogP contribution in [0.1, 0.15) is 36.5 Å². The van der Waals surface area contributed by atoms with E-state index in [1.165, 1.54) is 28.9 Å². The molecule has 0 aliphatic carbocycles. The van der Waals surface area contributed by atoms with Crippen molar-refractivity contribution in [1.82, 2.24) is 9.55 Å². The van der Waals surface area contributed by atoms with Crippen LogP contribution < -0.4 is 0 Å². The molecule has 4 heteroatoms. The molecule has 2 aromatic rings. The highest BCUT2D eigenvalue weighted by Gasteiger charge is 2.38. The highest BCUT2D eigenvalue weighted by atomic mass is 32.2. The van der Waals surface area contributed by atoms with E-state index in [0.717, 1.165) is 18.2 Å². The van der Waals surface area contributed by atoms with Gasteiger partial charge in [-0.2, -0.15) is 0 Å². The van der Waals surface area contributed by atoms with Crippen LogP contribution >= 0.6 is 23.5 Å². The van der Waals surface area contributed by atoms with E-state index in [0.29, 0.717) is 0 Å². The third kappa shape index (κ3) is 3.54. The van der Waals surface area contributed by atoms with E-state index in [2.05, 4.69) is 78.2 Å². The maximum absolute atomic E-state index is 4.17. The predicted octanol–water partition coefficient (Wildman–Crippen LogP) is 5.00. The van der Waals surface area contributed by atoms with Crippen molar-refractivity contribution in [2.75, 3.05) is 5.75 Å². The minimum Gasteiger partial charge on any atom is -0.337 e. The monoisotopic (exact) mass is 332 g/mol. The summed E-state index contributed by atoms with van der Waals surface area (Å²) in [7, 11) is 0. The lowest BCUT2D eigenvalue weighted by Crippen LogP contribution is -2.28. The van der Waals surface area contributed by atoms with E-state index in [9.17, 15) is 0 Å². The Bertz CT molecular complexity index is 604. The zero-order valence-electron chi connectivity index (χ0n) is 13.6. The Labute approximate surface area is 142 Å². The molecule has 1 aromatic carbocycles. The SMILES string of the molecule is Cc1cc(C)cc(C2(CCn3ccnc3)SCCC(C)S2)c1. The second kappa shape index (κ2) is 6.71. The normalized spacial score (nSPS) is 25.3. The van der Waals surface area contributed by atoms with Gasteiger partial charge in [0.1, 0.15) is 0 Å². The van der Waals surface area contributed by atoms with Crippen molar-refractivity contribution in [3.8, 4) is 0 Å². The minimum absolute atomic E-state index is 0.179. The quantitative estimate of drug-likeness (QED) is 0.784. The zero-order valence-corrected chi connectivity index (χ0v) is 15.2. The second-order valence-electron chi connectivity index (χ2n) is 6.25. The molecule has 2 atom stereocenters. The van der Waals surface area contributed by atoms with Crippen LogP contribution in [0.25, 0.3) is 0 Å². The van der Waals surface area contributed by atoms with Crippen LogP contribution in [0.4, 0.5) is 0 Å². The number of rotatable bonds is 4. The van der Waals surface area contributed by atoms with Gasteiger partial charge in [0.15, 0.2) is 0 Å². The van der Waals surface area contributed by atoms with Gasteiger partial charge in [-0.1, -0.05) is 36.2 Å². The van der Waals surface area contributed by atoms with Gasteiger partial charge in [-0.05, 0) is 38.0 Å². The number of benzene rings is 1. The molecule has 118 valence electrons. The summed E-state index contributed by atoms with van der Waals surface area (Å²) in [5, 5.41) is 0.727. The average Bonchev–Trinajstić information content (AvgIpc) is 2.97. The summed E-state index contributed by atoms with van der Waals surface area (Å²) in [6.45, 7) is 7.82. The fourth-order valence-corrected chi connectivity index (χ4v) is 6.96. The summed E-state index contributed by atoms with van der Waals surface area (Å²) in [5.74, 6) is 1.26. The predicted molar refractivity (Wildman–Crippen MR) is 98.6 cm³/mol. The number of thioether (sulfide) groups is 2. The Hall–Kier alpha value is -0.870. The molecule has 1 aromatic heterocycles. The fourth-order valence-electron chi connectivity index (χ4n) is 3.12. The van der Waals surface area contributed by atoms with Gasteiger partial charge in [-0.25, -0.2) is 4.98 Å². The molecule has 0 radical (unpaired) electrons. The lowest BCUT2D eigenvalue weighted by atomic mass is 10.0. The fraction of sp³-hybridized carbons (Fsp3) is 0.500. The lowest BCUT2D eigenvalue weighted by molar-refractivity contribution is 0.606. The first-order valence-electron chi connectivity index (χ1n) is 7.94. The van der Waals surface area contributed by atoms with Crippen molar-refractivity contribution < 1.29 is 0 Å². The van der Waals surface area contributed by atoms with Crippen molar-refractivity contribution in [2.45, 2.75) is 49.5 Å². The first-order valence-corrected chi connectivity index (χ1v) is 9.80. The molecule has 2 unspecified atom stereocenters. The molecule has 0 saturated carbocycles. The van der Waals surface area contributed by atoms with Crippen molar-refractivity contribution >= 4 is 23.5 Å². The molecule has 22 heavy (non-hydrogen) atoms. The summed E-state index contributed by atoms with van der Waals surface area (Å²) in [6.07, 6.45) is 8.32. The molecule has 2 nitrogen and oxygen atoms in total. The van der Waals surface area contributed by atoms with Crippen LogP contribution in [-0.4, -0.2) is 20.6 Å². The molecule has 1 fully saturated rings. The maximum Gasteiger partial charge on any atom is 0.0945 e. The topological polar surface area (TPSA) is 17.8 Å². The number of aryl methyl sites for hydroxylation is 3. The van der Waals surface area contributed by atoms with Crippen molar-refractivity contribution in [2.24, 2.45) is 0 Å². The Kier molecular flexibility index (Phi) is 4.88. The van der Waals surface area contributed by atoms with E-state index in [1.807, 2.05) is 12.5 Å². The van der Waals surface area contributed by atoms with Gasteiger partial charge in [0.05, 0.1) is 10.4 Å². The number of nitrogens with zero attached hydrogens (tertiary/aromatic N) is 2. The largest absolute Gasteiger partial charge is 0.337 e. The highest BCUT2D eigenvalue weighted by molar-refractivity contribution is 8.18. The third-order valence-corrected chi connectivity index (χ3v) is 7.62. The molecule has 1 saturated heterocycles. The average molecular weight is 333 g/mol. The molecular formula is C18H24N2S2. The van der Waals surface area contributed by atoms with Crippen LogP contribution in [0.2, 0.25) is 0 Å². The Morgan fingerprint density at radius 1 is 1.27 bits per heavy atom. The van der Waals surface area contributed by atoms with Crippen molar-refractivity contribution in [3.05, 3.63) is 53.6 Å². The molecule has 0 bridgehead atoms. The second-order valence-corrected chi connectivity index (χ2v) is 9.64. The van der Waals surface area contributed by atoms with Crippen molar-refractivity contribution in [3.63, 3.8) is 0 Å². The Balaban J connectivity index is 1.91. The van der Waals surface area contributed by atoms with Crippen LogP contribution in [0.5, 0.6) is 0 Å². The van der Waals surface area contributed by atoms with Gasteiger partial charge >= 0.3 is 0 Å². The number of hydrogen-bond donors (Lipinski definition) is 0. The molecular weight excluding hydrogens is 308 g/mol. The Morgan fingerprint density at radius 3 is 2.68 bits per heavy atom. The van der Waals surface area contributed by atoms with Gasteiger partial charge in [0, 0.05) is 24.2 Å². The molecule has 0 amide bonds. The van der Waals surface area contributed by atoms with Crippen LogP contribution in [0.15, 0.2) is 36.9 Å². The summed E-state index contributed by atoms with van der Waals surface area (Å²) >= 11 is 4.29. The molecule has 3 rings (SSSR count). The van der Waals surface area contributed by atoms with E-state index < -0.39 is 0 Å². The summed E-state index contributed by atoms with van der Waals surface area (Å²) in [4.78, 5) is 4.17. The number of imidazole rings is 1. The Morgan fingerprint density at radius 2 is 2.05 bits per heavy atom. The summed E-state index contributed by atoms with van der Waals surface area (Å²) < 4.78 is 2.38. The molecule has 1 aliphatic rings. The summed E-state index contributed by atoms with van der Waals surface area (Å²) in [5.41, 5.74) is 4.24. The minimum atomic E-state index is 0.179. The smallest absolute Gasteiger partial charge is 0.0945 e. The van der Waals surface area contributed by atoms with E-state index in [-0.39, 0.29) is 4.08 Å². The van der Waals surface area contributed by atoms with Gasteiger partial charge in [-0.3, -0.25) is 0 Å². The maximum atomic E-state index is 4.17. The van der Waals surface area contributed by atoms with Gasteiger partial charge < -0.3 is 4.57 Å². The zero-order chi connectivity index (χ0) is 15.6. The summed E-state index contributed by atoms with van der Waals surface area (Å²) in [6, 6.07) is 7.05. The lowest BCUT2D eigenvalue weighted by Gasteiger charge is -2.40. The first-order chi connectivity index (χ1) is 10.6. The van der Waals surface area contributed by atoms with E-state index in [1.54, 1.807) is 0 Å². The first kappa shape index (κ1) is 16.0. The van der Waals surface area contributed by atoms with Crippen molar-refractivity contribution in [1.29, 1.82) is 0 Å². The molecule has 1 aliphatic heterocycles. The van der Waals surface area contributed by atoms with E-state index >= 15 is 0 Å².